The summed E-state index contributed by atoms with van der Waals surface area (Å²) in [5, 5.41) is 2.86. The first kappa shape index (κ1) is 25.6. The van der Waals surface area contributed by atoms with E-state index in [9.17, 15) is 22.8 Å². The molecule has 4 heterocycles. The van der Waals surface area contributed by atoms with E-state index >= 15 is 0 Å². The SMILES string of the molecule is O=C(NCC1CCCO1)C(c1ccncc1)N(Cc1ccco1)C(=O)CN1C(=O)c2ccccc2S1(=O)=O. The van der Waals surface area contributed by atoms with Gasteiger partial charge in [-0.2, -0.15) is 0 Å². The Kier molecular flexibility index (Phi) is 7.25. The maximum absolute atomic E-state index is 13.8. The van der Waals surface area contributed by atoms with Crippen LogP contribution in [-0.4, -0.2) is 66.1 Å². The third-order valence-electron chi connectivity index (χ3n) is 6.53. The number of fused-ring (bicyclic) bond motifs is 1. The lowest BCUT2D eigenvalue weighted by Gasteiger charge is -2.32. The Morgan fingerprint density at radius 1 is 1.13 bits per heavy atom. The van der Waals surface area contributed by atoms with E-state index in [1.165, 1.54) is 41.8 Å². The van der Waals surface area contributed by atoms with Crippen LogP contribution < -0.4 is 5.32 Å². The summed E-state index contributed by atoms with van der Waals surface area (Å²) in [6, 6.07) is 11.1. The van der Waals surface area contributed by atoms with Crippen molar-refractivity contribution in [2.75, 3.05) is 19.7 Å². The summed E-state index contributed by atoms with van der Waals surface area (Å²) < 4.78 is 37.8. The lowest BCUT2D eigenvalue weighted by molar-refractivity contribution is -0.142. The number of rotatable bonds is 9. The fourth-order valence-electron chi connectivity index (χ4n) is 4.63. The van der Waals surface area contributed by atoms with E-state index in [1.54, 1.807) is 30.3 Å². The number of carbonyl (C=O) groups is 3. The molecular weight excluding hydrogens is 512 g/mol. The molecule has 1 fully saturated rings. The van der Waals surface area contributed by atoms with E-state index in [0.29, 0.717) is 22.2 Å². The molecule has 12 heteroatoms. The lowest BCUT2D eigenvalue weighted by atomic mass is 10.0. The van der Waals surface area contributed by atoms with Crippen molar-refractivity contribution in [2.24, 2.45) is 0 Å². The first-order chi connectivity index (χ1) is 18.4. The molecule has 38 heavy (non-hydrogen) atoms. The highest BCUT2D eigenvalue weighted by Crippen LogP contribution is 2.31. The van der Waals surface area contributed by atoms with Gasteiger partial charge < -0.3 is 19.4 Å². The summed E-state index contributed by atoms with van der Waals surface area (Å²) in [7, 11) is -4.23. The van der Waals surface area contributed by atoms with Crippen molar-refractivity contribution in [1.29, 1.82) is 0 Å². The molecule has 198 valence electrons. The van der Waals surface area contributed by atoms with E-state index < -0.39 is 40.3 Å². The molecular formula is C26H26N4O7S. The monoisotopic (exact) mass is 538 g/mol. The number of sulfonamides is 1. The van der Waals surface area contributed by atoms with Crippen molar-refractivity contribution in [3.63, 3.8) is 0 Å². The van der Waals surface area contributed by atoms with E-state index in [1.807, 2.05) is 0 Å². The summed E-state index contributed by atoms with van der Waals surface area (Å²) in [4.78, 5) is 45.4. The Balaban J connectivity index is 1.46. The molecule has 2 aromatic heterocycles. The highest BCUT2D eigenvalue weighted by Gasteiger charge is 2.43. The topological polar surface area (TPSA) is 139 Å². The van der Waals surface area contributed by atoms with Crippen LogP contribution in [0.2, 0.25) is 0 Å². The number of benzene rings is 1. The van der Waals surface area contributed by atoms with Gasteiger partial charge in [0.15, 0.2) is 0 Å². The second-order valence-electron chi connectivity index (χ2n) is 8.98. The van der Waals surface area contributed by atoms with Crippen LogP contribution in [0, 0.1) is 0 Å². The second kappa shape index (κ2) is 10.8. The number of ether oxygens (including phenoxy) is 1. The summed E-state index contributed by atoms with van der Waals surface area (Å²) in [6.45, 7) is -0.0337. The van der Waals surface area contributed by atoms with E-state index in [0.717, 1.165) is 12.8 Å². The molecule has 1 N–H and O–H groups in total. The maximum Gasteiger partial charge on any atom is 0.269 e. The van der Waals surface area contributed by atoms with Crippen LogP contribution in [0.15, 0.2) is 76.5 Å². The summed E-state index contributed by atoms with van der Waals surface area (Å²) in [5.41, 5.74) is 0.460. The fourth-order valence-corrected chi connectivity index (χ4v) is 6.15. The molecule has 2 aliphatic rings. The molecule has 1 saturated heterocycles. The van der Waals surface area contributed by atoms with Gasteiger partial charge in [-0.05, 0) is 54.8 Å². The standard InChI is InChI=1S/C26H26N4O7S/c31-23(17-30-26(33)21-7-1-2-8-22(21)38(30,34)35)29(16-20-6-4-14-37-20)24(18-9-11-27-12-10-18)25(32)28-15-19-5-3-13-36-19/h1-2,4,6-12,14,19,24H,3,5,13,15-17H2,(H,28,32). The first-order valence-electron chi connectivity index (χ1n) is 12.1. The summed E-state index contributed by atoms with van der Waals surface area (Å²) in [6.07, 6.45) is 6.01. The second-order valence-corrected chi connectivity index (χ2v) is 10.8. The summed E-state index contributed by atoms with van der Waals surface area (Å²) in [5.74, 6) is -1.65. The van der Waals surface area contributed by atoms with Gasteiger partial charge in [0, 0.05) is 25.5 Å². The van der Waals surface area contributed by atoms with E-state index in [-0.39, 0.29) is 29.7 Å². The zero-order chi connectivity index (χ0) is 26.7. The van der Waals surface area contributed by atoms with Gasteiger partial charge >= 0.3 is 0 Å². The first-order valence-corrected chi connectivity index (χ1v) is 13.6. The molecule has 0 spiro atoms. The van der Waals surface area contributed by atoms with Gasteiger partial charge in [-0.1, -0.05) is 12.1 Å². The number of amides is 3. The number of carbonyl (C=O) groups excluding carboxylic acids is 3. The molecule has 0 aliphatic carbocycles. The van der Waals surface area contributed by atoms with Crippen molar-refractivity contribution in [3.8, 4) is 0 Å². The average molecular weight is 539 g/mol. The number of hydrogen-bond acceptors (Lipinski definition) is 8. The van der Waals surface area contributed by atoms with Gasteiger partial charge in [0.2, 0.25) is 11.8 Å². The minimum absolute atomic E-state index is 0.00197. The molecule has 1 aromatic carbocycles. The molecule has 2 aliphatic heterocycles. The molecule has 2 unspecified atom stereocenters. The highest BCUT2D eigenvalue weighted by atomic mass is 32.2. The van der Waals surface area contributed by atoms with E-state index in [2.05, 4.69) is 10.3 Å². The van der Waals surface area contributed by atoms with Crippen molar-refractivity contribution in [3.05, 3.63) is 84.1 Å². The van der Waals surface area contributed by atoms with Crippen LogP contribution in [0.3, 0.4) is 0 Å². The molecule has 3 amide bonds. The number of nitrogens with one attached hydrogen (secondary N) is 1. The lowest BCUT2D eigenvalue weighted by Crippen LogP contribution is -2.48. The predicted octanol–water partition coefficient (Wildman–Crippen LogP) is 1.88. The van der Waals surface area contributed by atoms with Gasteiger partial charge in [0.1, 0.15) is 23.2 Å². The molecule has 3 aromatic rings. The van der Waals surface area contributed by atoms with Crippen molar-refractivity contribution < 1.29 is 32.0 Å². The number of hydrogen-bond donors (Lipinski definition) is 1. The van der Waals surface area contributed by atoms with Crippen LogP contribution in [-0.2, 0) is 30.9 Å². The minimum atomic E-state index is -4.23. The largest absolute Gasteiger partial charge is 0.467 e. The van der Waals surface area contributed by atoms with Gasteiger partial charge in [-0.15, -0.1) is 0 Å². The fraction of sp³-hybridized carbons (Fsp3) is 0.308. The molecule has 2 atom stereocenters. The minimum Gasteiger partial charge on any atom is -0.467 e. The number of nitrogens with zero attached hydrogens (tertiary/aromatic N) is 3. The molecule has 0 bridgehead atoms. The van der Waals surface area contributed by atoms with Gasteiger partial charge in [0.05, 0.1) is 24.5 Å². The van der Waals surface area contributed by atoms with Crippen LogP contribution >= 0.6 is 0 Å². The maximum atomic E-state index is 13.8. The smallest absolute Gasteiger partial charge is 0.269 e. The summed E-state index contributed by atoms with van der Waals surface area (Å²) >= 11 is 0. The quantitative estimate of drug-likeness (QED) is 0.436. The van der Waals surface area contributed by atoms with Crippen LogP contribution in [0.1, 0.15) is 40.6 Å². The van der Waals surface area contributed by atoms with Gasteiger partial charge in [-0.3, -0.25) is 19.4 Å². The molecule has 0 radical (unpaired) electrons. The van der Waals surface area contributed by atoms with E-state index in [4.69, 9.17) is 9.15 Å². The van der Waals surface area contributed by atoms with Crippen LogP contribution in [0.4, 0.5) is 0 Å². The Hall–Kier alpha value is -4.03. The predicted molar refractivity (Wildman–Crippen MR) is 133 cm³/mol. The van der Waals surface area contributed by atoms with Gasteiger partial charge in [-0.25, -0.2) is 12.7 Å². The average Bonchev–Trinajstić information content (AvgIpc) is 3.67. The Morgan fingerprint density at radius 3 is 2.61 bits per heavy atom. The zero-order valence-corrected chi connectivity index (χ0v) is 21.2. The van der Waals surface area contributed by atoms with Gasteiger partial charge in [0.25, 0.3) is 15.9 Å². The Labute approximate surface area is 219 Å². The van der Waals surface area contributed by atoms with Crippen molar-refractivity contribution in [1.82, 2.24) is 19.5 Å². The number of aromatic nitrogens is 1. The highest BCUT2D eigenvalue weighted by molar-refractivity contribution is 7.90. The normalized spacial score (nSPS) is 18.7. The third kappa shape index (κ3) is 5.04. The zero-order valence-electron chi connectivity index (χ0n) is 20.4. The van der Waals surface area contributed by atoms with Crippen LogP contribution in [0.5, 0.6) is 0 Å². The Morgan fingerprint density at radius 2 is 1.92 bits per heavy atom. The molecule has 11 nitrogen and oxygen atoms in total. The van der Waals surface area contributed by atoms with Crippen molar-refractivity contribution in [2.45, 2.75) is 36.4 Å². The van der Waals surface area contributed by atoms with Crippen LogP contribution in [0.25, 0.3) is 0 Å². The number of furan rings is 1. The Bertz CT molecular complexity index is 1420. The molecule has 0 saturated carbocycles. The number of pyridine rings is 1. The van der Waals surface area contributed by atoms with Crippen molar-refractivity contribution >= 4 is 27.7 Å². The third-order valence-corrected chi connectivity index (χ3v) is 8.31. The molecule has 5 rings (SSSR count).